The van der Waals surface area contributed by atoms with Crippen LogP contribution in [0.1, 0.15) is 73.9 Å². The van der Waals surface area contributed by atoms with Gasteiger partial charge in [-0.25, -0.2) is 0 Å². The molecule has 4 aromatic rings. The van der Waals surface area contributed by atoms with E-state index >= 15 is 0 Å². The third-order valence-electron chi connectivity index (χ3n) is 9.94. The quantitative estimate of drug-likeness (QED) is 0.123. The van der Waals surface area contributed by atoms with Crippen molar-refractivity contribution < 1.29 is 33.4 Å². The van der Waals surface area contributed by atoms with Crippen LogP contribution in [0.5, 0.6) is 11.5 Å². The summed E-state index contributed by atoms with van der Waals surface area (Å²) < 4.78 is 16.3. The van der Waals surface area contributed by atoms with E-state index in [2.05, 4.69) is 26.3 Å². The Hall–Kier alpha value is -6.36. The molecule has 2 aliphatic heterocycles. The van der Waals surface area contributed by atoms with Gasteiger partial charge in [0.05, 0.1) is 42.4 Å². The summed E-state index contributed by atoms with van der Waals surface area (Å²) in [5.74, 6) is -0.130. The summed E-state index contributed by atoms with van der Waals surface area (Å²) in [7, 11) is 10.5. The zero-order chi connectivity index (χ0) is 40.8. The number of hydrogen-bond donors (Lipinski definition) is 4. The molecule has 4 N–H and O–H groups in total. The molecule has 3 aromatic heterocycles. The number of fused-ring (bicyclic) bond motifs is 2. The van der Waals surface area contributed by atoms with Crippen LogP contribution in [-0.4, -0.2) is 113 Å². The van der Waals surface area contributed by atoms with E-state index in [-0.39, 0.29) is 48.2 Å². The van der Waals surface area contributed by atoms with E-state index in [1.54, 1.807) is 83.6 Å². The maximum absolute atomic E-state index is 13.3. The Morgan fingerprint density at radius 3 is 2.26 bits per heavy atom. The van der Waals surface area contributed by atoms with Crippen molar-refractivity contribution in [3.63, 3.8) is 0 Å². The number of ether oxygens (including phenoxy) is 2. The van der Waals surface area contributed by atoms with Gasteiger partial charge in [0.25, 0.3) is 23.6 Å². The molecule has 0 bridgehead atoms. The Balaban J connectivity index is 0.982. The fourth-order valence-corrected chi connectivity index (χ4v) is 6.90. The first kappa shape index (κ1) is 40.3. The summed E-state index contributed by atoms with van der Waals surface area (Å²) in [5.41, 5.74) is 2.83. The molecule has 0 unspecified atom stereocenters. The molecule has 302 valence electrons. The number of benzene rings is 1. The van der Waals surface area contributed by atoms with E-state index < -0.39 is 11.8 Å². The van der Waals surface area contributed by atoms with Crippen LogP contribution in [0, 0.1) is 0 Å². The lowest BCUT2D eigenvalue weighted by Crippen LogP contribution is -2.35. The van der Waals surface area contributed by atoms with Gasteiger partial charge in [-0.2, -0.15) is 0 Å². The van der Waals surface area contributed by atoms with Crippen molar-refractivity contribution in [2.75, 3.05) is 63.4 Å². The van der Waals surface area contributed by atoms with Gasteiger partial charge in [-0.15, -0.1) is 0 Å². The highest BCUT2D eigenvalue weighted by Crippen LogP contribution is 2.38. The van der Waals surface area contributed by atoms with Gasteiger partial charge >= 0.3 is 0 Å². The lowest BCUT2D eigenvalue weighted by Gasteiger charge is -2.20. The van der Waals surface area contributed by atoms with Gasteiger partial charge in [0.1, 0.15) is 22.9 Å². The average Bonchev–Trinajstić information content (AvgIpc) is 3.95. The van der Waals surface area contributed by atoms with Gasteiger partial charge in [0.2, 0.25) is 5.91 Å². The number of aryl methyl sites for hydroxylation is 2. The highest BCUT2D eigenvalue weighted by atomic mass is 16.5. The molecular weight excluding hydrogens is 733 g/mol. The van der Waals surface area contributed by atoms with Crippen LogP contribution in [0.2, 0.25) is 0 Å². The Labute approximate surface area is 331 Å². The monoisotopic (exact) mass is 782 g/mol. The molecule has 17 heteroatoms. The topological polar surface area (TPSA) is 186 Å². The van der Waals surface area contributed by atoms with Crippen molar-refractivity contribution in [3.8, 4) is 11.5 Å². The Morgan fingerprint density at radius 2 is 1.56 bits per heavy atom. The van der Waals surface area contributed by atoms with Crippen LogP contribution in [0.15, 0.2) is 53.8 Å². The highest BCUT2D eigenvalue weighted by Gasteiger charge is 2.32. The molecule has 0 radical (unpaired) electrons. The number of hydrogen-bond acceptors (Lipinski definition) is 9. The van der Waals surface area contributed by atoms with Gasteiger partial charge in [-0.3, -0.25) is 29.0 Å². The van der Waals surface area contributed by atoms with Gasteiger partial charge in [0, 0.05) is 65.3 Å². The molecular formula is C40H50N10O7. The van der Waals surface area contributed by atoms with Crippen molar-refractivity contribution in [2.24, 2.45) is 26.1 Å². The number of nitrogens with one attached hydrogen (secondary N) is 4. The van der Waals surface area contributed by atoms with E-state index in [1.165, 1.54) is 7.11 Å². The van der Waals surface area contributed by atoms with Crippen LogP contribution in [-0.2, 0) is 25.9 Å². The molecule has 5 amide bonds. The number of amides is 5. The predicted octanol–water partition coefficient (Wildman–Crippen LogP) is 4.02. The molecule has 5 heterocycles. The summed E-state index contributed by atoms with van der Waals surface area (Å²) in [6, 6.07) is 9.79. The van der Waals surface area contributed by atoms with Crippen LogP contribution in [0.3, 0.4) is 0 Å². The number of methoxy groups -OCH3 is 1. The molecule has 0 saturated carbocycles. The van der Waals surface area contributed by atoms with Gasteiger partial charge in [0.15, 0.2) is 11.5 Å². The summed E-state index contributed by atoms with van der Waals surface area (Å²) >= 11 is 0. The second-order valence-corrected chi connectivity index (χ2v) is 14.4. The standard InChI is InChI=1S/C40H50N10O7/c1-46(2)15-9-14-41-37(52)30-12-13-35(49(30)5)45-39(54)32-19-26(24-48(32)4)44-38(53)31-18-25(23-47(31)3)43-36(51)11-8-17-57-34-21-29-28(20-33(34)56-6)40(55)50-16-7-10-27(50)22-42-29/h12-13,18-24,27H,7-11,14-17H2,1-6H3,(H,41,52)(H,43,51)(H,44,53)(H,45,54)/t27-/m0/s1. The normalized spacial score (nSPS) is 14.5. The summed E-state index contributed by atoms with van der Waals surface area (Å²) in [6.07, 6.45) is 8.27. The minimum Gasteiger partial charge on any atom is -0.493 e. The molecule has 0 spiro atoms. The lowest BCUT2D eigenvalue weighted by molar-refractivity contribution is -0.116. The summed E-state index contributed by atoms with van der Waals surface area (Å²) in [6.45, 7) is 2.31. The van der Waals surface area contributed by atoms with Crippen molar-refractivity contribution in [1.82, 2.24) is 28.8 Å². The maximum atomic E-state index is 13.3. The number of aliphatic imine (C=N–C) groups is 1. The Kier molecular flexibility index (Phi) is 12.5. The Bertz CT molecular complexity index is 2200. The fourth-order valence-electron chi connectivity index (χ4n) is 6.90. The molecule has 6 rings (SSSR count). The van der Waals surface area contributed by atoms with Crippen LogP contribution in [0.4, 0.5) is 22.9 Å². The largest absolute Gasteiger partial charge is 0.493 e. The predicted molar refractivity (Wildman–Crippen MR) is 216 cm³/mol. The molecule has 57 heavy (non-hydrogen) atoms. The molecule has 2 aliphatic rings. The Morgan fingerprint density at radius 1 is 0.860 bits per heavy atom. The van der Waals surface area contributed by atoms with E-state index in [0.717, 1.165) is 25.8 Å². The number of aromatic nitrogens is 3. The number of carbonyl (C=O) groups is 5. The molecule has 1 fully saturated rings. The lowest BCUT2D eigenvalue weighted by atomic mass is 10.1. The van der Waals surface area contributed by atoms with Crippen LogP contribution >= 0.6 is 0 Å². The maximum Gasteiger partial charge on any atom is 0.273 e. The number of carbonyl (C=O) groups excluding carboxylic acids is 5. The zero-order valence-electron chi connectivity index (χ0n) is 33.2. The average molecular weight is 783 g/mol. The number of rotatable bonds is 16. The third kappa shape index (κ3) is 9.37. The second kappa shape index (κ2) is 17.6. The van der Waals surface area contributed by atoms with Gasteiger partial charge < -0.3 is 54.2 Å². The van der Waals surface area contributed by atoms with Gasteiger partial charge in [-0.05, 0) is 76.7 Å². The van der Waals surface area contributed by atoms with E-state index in [1.807, 2.05) is 30.1 Å². The summed E-state index contributed by atoms with van der Waals surface area (Å²) in [5, 5.41) is 11.4. The SMILES string of the molecule is COc1cc2c(cc1OCCCC(=O)Nc1cc(C(=O)Nc3cc(C(=O)Nc4ccc(C(=O)NCCCN(C)C)n4C)n(C)c3)n(C)c1)N=C[C@@H]1CCCN1C2=O. The minimum absolute atomic E-state index is 0.00645. The third-order valence-corrected chi connectivity index (χ3v) is 9.94. The van der Waals surface area contributed by atoms with Crippen molar-refractivity contribution in [1.29, 1.82) is 0 Å². The highest BCUT2D eigenvalue weighted by molar-refractivity contribution is 6.07. The van der Waals surface area contributed by atoms with Crippen LogP contribution < -0.4 is 30.7 Å². The first-order valence-electron chi connectivity index (χ1n) is 18.9. The van der Waals surface area contributed by atoms with Crippen molar-refractivity contribution >= 4 is 58.6 Å². The molecule has 17 nitrogen and oxygen atoms in total. The van der Waals surface area contributed by atoms with E-state index in [4.69, 9.17) is 9.47 Å². The molecule has 1 atom stereocenters. The summed E-state index contributed by atoms with van der Waals surface area (Å²) in [4.78, 5) is 73.6. The smallest absolute Gasteiger partial charge is 0.273 e. The minimum atomic E-state index is -0.436. The molecule has 0 aliphatic carbocycles. The zero-order valence-corrected chi connectivity index (χ0v) is 33.2. The number of nitrogens with zero attached hydrogens (tertiary/aromatic N) is 6. The van der Waals surface area contributed by atoms with Gasteiger partial charge in [-0.1, -0.05) is 0 Å². The number of anilines is 3. The molecule has 1 saturated heterocycles. The first-order chi connectivity index (χ1) is 27.3. The second-order valence-electron chi connectivity index (χ2n) is 14.4. The van der Waals surface area contributed by atoms with E-state index in [9.17, 15) is 24.0 Å². The van der Waals surface area contributed by atoms with Crippen LogP contribution in [0.25, 0.3) is 0 Å². The fraction of sp³-hybridized carbons (Fsp3) is 0.400. The van der Waals surface area contributed by atoms with Crippen molar-refractivity contribution in [3.05, 3.63) is 71.4 Å². The first-order valence-corrected chi connectivity index (χ1v) is 18.9. The molecule has 1 aromatic carbocycles. The van der Waals surface area contributed by atoms with E-state index in [0.29, 0.717) is 65.1 Å². The van der Waals surface area contributed by atoms with Crippen molar-refractivity contribution in [2.45, 2.75) is 38.1 Å².